The van der Waals surface area contributed by atoms with Gasteiger partial charge in [-0.25, -0.2) is 0 Å². The maximum atomic E-state index is 10.6. The molecule has 1 unspecified atom stereocenters. The molecule has 0 bridgehead atoms. The smallest absolute Gasteiger partial charge is 0.319 e. The molecule has 0 saturated carbocycles. The largest absolute Gasteiger partial charge is 0.480 e. The van der Waals surface area contributed by atoms with Crippen LogP contribution in [-0.2, 0) is 4.79 Å². The maximum absolute atomic E-state index is 10.6. The molecule has 0 heterocycles. The molecule has 0 spiro atoms. The quantitative estimate of drug-likeness (QED) is 0.687. The third-order valence-electron chi connectivity index (χ3n) is 1.56. The zero-order valence-corrected chi connectivity index (χ0v) is 8.52. The first-order chi connectivity index (χ1) is 5.40. The first-order valence-electron chi connectivity index (χ1n) is 3.88. The van der Waals surface area contributed by atoms with Crippen LogP contribution in [-0.4, -0.2) is 33.3 Å². The number of carboxylic acid groups (broad SMARTS) is 1. The fourth-order valence-corrected chi connectivity index (χ4v) is 1.40. The SMILES string of the molecule is CC(CO)CSC(C)(C)C(=O)O. The Morgan fingerprint density at radius 2 is 2.08 bits per heavy atom. The van der Waals surface area contributed by atoms with E-state index in [4.69, 9.17) is 10.2 Å². The highest BCUT2D eigenvalue weighted by molar-refractivity contribution is 8.01. The molecule has 0 aromatic heterocycles. The Labute approximate surface area is 77.2 Å². The van der Waals surface area contributed by atoms with Gasteiger partial charge in [0.05, 0.1) is 0 Å². The van der Waals surface area contributed by atoms with Gasteiger partial charge < -0.3 is 10.2 Å². The van der Waals surface area contributed by atoms with Crippen LogP contribution in [0.4, 0.5) is 0 Å². The standard InChI is InChI=1S/C8H16O3S/c1-6(4-9)5-12-8(2,3)7(10)11/h6,9H,4-5H2,1-3H3,(H,10,11). The van der Waals surface area contributed by atoms with E-state index in [2.05, 4.69) is 0 Å². The summed E-state index contributed by atoms with van der Waals surface area (Å²) in [5.74, 6) is 0.0294. The molecular weight excluding hydrogens is 176 g/mol. The first-order valence-corrected chi connectivity index (χ1v) is 4.87. The number of thioether (sulfide) groups is 1. The Balaban J connectivity index is 3.83. The van der Waals surface area contributed by atoms with Crippen LogP contribution < -0.4 is 0 Å². The van der Waals surface area contributed by atoms with Gasteiger partial charge in [-0.3, -0.25) is 4.79 Å². The molecule has 0 aromatic carbocycles. The van der Waals surface area contributed by atoms with Crippen LogP contribution in [0.5, 0.6) is 0 Å². The minimum atomic E-state index is -0.808. The van der Waals surface area contributed by atoms with E-state index >= 15 is 0 Å². The molecule has 0 saturated heterocycles. The summed E-state index contributed by atoms with van der Waals surface area (Å²) >= 11 is 1.36. The van der Waals surface area contributed by atoms with E-state index < -0.39 is 10.7 Å². The molecule has 0 aliphatic heterocycles. The van der Waals surface area contributed by atoms with E-state index in [0.29, 0.717) is 5.75 Å². The van der Waals surface area contributed by atoms with Crippen molar-refractivity contribution in [3.8, 4) is 0 Å². The van der Waals surface area contributed by atoms with Crippen molar-refractivity contribution >= 4 is 17.7 Å². The average molecular weight is 192 g/mol. The topological polar surface area (TPSA) is 57.5 Å². The van der Waals surface area contributed by atoms with Crippen LogP contribution >= 0.6 is 11.8 Å². The van der Waals surface area contributed by atoms with Crippen molar-refractivity contribution in [2.24, 2.45) is 5.92 Å². The molecule has 0 aliphatic rings. The third kappa shape index (κ3) is 3.97. The van der Waals surface area contributed by atoms with Gasteiger partial charge in [0.15, 0.2) is 0 Å². The molecule has 0 aromatic rings. The minimum Gasteiger partial charge on any atom is -0.480 e. The predicted molar refractivity (Wildman–Crippen MR) is 50.4 cm³/mol. The zero-order chi connectivity index (χ0) is 9.78. The summed E-state index contributed by atoms with van der Waals surface area (Å²) in [5.41, 5.74) is 0. The van der Waals surface area contributed by atoms with E-state index in [1.165, 1.54) is 11.8 Å². The van der Waals surface area contributed by atoms with Crippen molar-refractivity contribution in [1.82, 2.24) is 0 Å². The van der Waals surface area contributed by atoms with Crippen molar-refractivity contribution in [1.29, 1.82) is 0 Å². The van der Waals surface area contributed by atoms with Gasteiger partial charge in [0.25, 0.3) is 0 Å². The van der Waals surface area contributed by atoms with Gasteiger partial charge in [0.1, 0.15) is 4.75 Å². The molecule has 0 radical (unpaired) electrons. The highest BCUT2D eigenvalue weighted by atomic mass is 32.2. The number of aliphatic hydroxyl groups excluding tert-OH is 1. The highest BCUT2D eigenvalue weighted by Crippen LogP contribution is 2.26. The number of carboxylic acids is 1. The van der Waals surface area contributed by atoms with Crippen LogP contribution in [0.1, 0.15) is 20.8 Å². The summed E-state index contributed by atoms with van der Waals surface area (Å²) < 4.78 is -0.747. The lowest BCUT2D eigenvalue weighted by Gasteiger charge is -2.19. The Morgan fingerprint density at radius 1 is 1.58 bits per heavy atom. The van der Waals surface area contributed by atoms with Crippen molar-refractivity contribution in [2.75, 3.05) is 12.4 Å². The fourth-order valence-electron chi connectivity index (χ4n) is 0.465. The molecule has 1 atom stereocenters. The van der Waals surface area contributed by atoms with Gasteiger partial charge in [-0.2, -0.15) is 0 Å². The number of aliphatic carboxylic acids is 1. The Morgan fingerprint density at radius 3 is 2.42 bits per heavy atom. The summed E-state index contributed by atoms with van der Waals surface area (Å²) in [5, 5.41) is 17.5. The normalized spacial score (nSPS) is 14.3. The zero-order valence-electron chi connectivity index (χ0n) is 7.70. The lowest BCUT2D eigenvalue weighted by Crippen LogP contribution is -2.28. The van der Waals surface area contributed by atoms with E-state index in [9.17, 15) is 4.79 Å². The maximum Gasteiger partial charge on any atom is 0.319 e. The van der Waals surface area contributed by atoms with E-state index in [1.54, 1.807) is 13.8 Å². The van der Waals surface area contributed by atoms with E-state index in [0.717, 1.165) is 0 Å². The van der Waals surface area contributed by atoms with Gasteiger partial charge in [-0.1, -0.05) is 6.92 Å². The highest BCUT2D eigenvalue weighted by Gasteiger charge is 2.27. The molecule has 12 heavy (non-hydrogen) atoms. The third-order valence-corrected chi connectivity index (χ3v) is 3.19. The van der Waals surface area contributed by atoms with Gasteiger partial charge in [-0.05, 0) is 25.5 Å². The van der Waals surface area contributed by atoms with Crippen molar-refractivity contribution in [3.05, 3.63) is 0 Å². The van der Waals surface area contributed by atoms with Gasteiger partial charge in [-0.15, -0.1) is 11.8 Å². The Kier molecular flexibility index (Phi) is 4.63. The monoisotopic (exact) mass is 192 g/mol. The molecule has 0 fully saturated rings. The van der Waals surface area contributed by atoms with Gasteiger partial charge in [0, 0.05) is 6.61 Å². The van der Waals surface area contributed by atoms with Gasteiger partial charge >= 0.3 is 5.97 Å². The molecule has 2 N–H and O–H groups in total. The molecular formula is C8H16O3S. The number of aliphatic hydroxyl groups is 1. The number of hydrogen-bond donors (Lipinski definition) is 2. The van der Waals surface area contributed by atoms with Crippen LogP contribution in [0.3, 0.4) is 0 Å². The molecule has 3 nitrogen and oxygen atoms in total. The molecule has 0 amide bonds. The number of carbonyl (C=O) groups is 1. The van der Waals surface area contributed by atoms with Crippen molar-refractivity contribution in [3.63, 3.8) is 0 Å². The summed E-state index contributed by atoms with van der Waals surface area (Å²) in [7, 11) is 0. The molecule has 0 rings (SSSR count). The van der Waals surface area contributed by atoms with Crippen LogP contribution in [0.25, 0.3) is 0 Å². The van der Waals surface area contributed by atoms with E-state index in [-0.39, 0.29) is 12.5 Å². The summed E-state index contributed by atoms with van der Waals surface area (Å²) in [6.45, 7) is 5.35. The summed E-state index contributed by atoms with van der Waals surface area (Å²) in [6.07, 6.45) is 0. The van der Waals surface area contributed by atoms with Crippen LogP contribution in [0.2, 0.25) is 0 Å². The predicted octanol–water partition coefficient (Wildman–Crippen LogP) is 1.21. The lowest BCUT2D eigenvalue weighted by molar-refractivity contribution is -0.138. The Bertz CT molecular complexity index is 156. The average Bonchev–Trinajstić information content (AvgIpc) is 2.00. The van der Waals surface area contributed by atoms with Crippen molar-refractivity contribution in [2.45, 2.75) is 25.5 Å². The molecule has 4 heteroatoms. The second-order valence-corrected chi connectivity index (χ2v) is 5.06. The molecule has 0 aliphatic carbocycles. The van der Waals surface area contributed by atoms with Crippen LogP contribution in [0.15, 0.2) is 0 Å². The Hall–Kier alpha value is -0.220. The fraction of sp³-hybridized carbons (Fsp3) is 0.875. The summed E-state index contributed by atoms with van der Waals surface area (Å²) in [6, 6.07) is 0. The van der Waals surface area contributed by atoms with E-state index in [1.807, 2.05) is 6.92 Å². The first kappa shape index (κ1) is 11.8. The number of hydrogen-bond acceptors (Lipinski definition) is 3. The summed E-state index contributed by atoms with van der Waals surface area (Å²) in [4.78, 5) is 10.6. The lowest BCUT2D eigenvalue weighted by atomic mass is 10.2. The van der Waals surface area contributed by atoms with Gasteiger partial charge in [0.2, 0.25) is 0 Å². The number of rotatable bonds is 5. The van der Waals surface area contributed by atoms with Crippen LogP contribution in [0, 0.1) is 5.92 Å². The second kappa shape index (κ2) is 4.72. The second-order valence-electron chi connectivity index (χ2n) is 3.41. The minimum absolute atomic E-state index is 0.114. The molecule has 72 valence electrons. The van der Waals surface area contributed by atoms with Crippen molar-refractivity contribution < 1.29 is 15.0 Å².